The summed E-state index contributed by atoms with van der Waals surface area (Å²) >= 11 is 0. The average molecular weight is 503 g/mol. The fraction of sp³-hybridized carbons (Fsp3) is 0.889. The molecule has 16 atom stereocenters. The maximum absolute atomic E-state index is 13.6. The molecule has 6 bridgehead atoms. The molecule has 4 unspecified atom stereocenters. The topological polar surface area (TPSA) is 129 Å². The molecule has 0 aromatic rings. The minimum absolute atomic E-state index is 0.00378. The number of cyclic esters (lactones) is 1. The number of esters is 1. The molecule has 4 aliphatic heterocycles. The van der Waals surface area contributed by atoms with E-state index in [4.69, 9.17) is 18.9 Å². The molecule has 9 nitrogen and oxygen atoms in total. The van der Waals surface area contributed by atoms with Crippen LogP contribution in [0.15, 0.2) is 0 Å². The van der Waals surface area contributed by atoms with Gasteiger partial charge >= 0.3 is 5.97 Å². The van der Waals surface area contributed by atoms with Gasteiger partial charge < -0.3 is 29.2 Å². The molecule has 8 fully saturated rings. The van der Waals surface area contributed by atoms with Crippen LogP contribution in [0.25, 0.3) is 0 Å². The first-order valence-corrected chi connectivity index (χ1v) is 13.6. The molecule has 0 aromatic heterocycles. The minimum atomic E-state index is -1.83. The molecule has 0 amide bonds. The van der Waals surface area contributed by atoms with Crippen LogP contribution < -0.4 is 0 Å². The first-order valence-electron chi connectivity index (χ1n) is 13.6. The van der Waals surface area contributed by atoms with Gasteiger partial charge in [0.25, 0.3) is 0 Å². The molecule has 9 heteroatoms. The van der Waals surface area contributed by atoms with E-state index in [1.165, 1.54) is 0 Å². The molecule has 0 aromatic carbocycles. The molecule has 4 heterocycles. The van der Waals surface area contributed by atoms with Crippen molar-refractivity contribution in [3.63, 3.8) is 0 Å². The first-order chi connectivity index (χ1) is 16.9. The van der Waals surface area contributed by atoms with Gasteiger partial charge in [0.2, 0.25) is 0 Å². The number of rotatable bonds is 1. The molecular formula is C27H34O9. The summed E-state index contributed by atoms with van der Waals surface area (Å²) in [6.45, 7) is 7.32. The second kappa shape index (κ2) is 6.25. The second-order valence-electron chi connectivity index (χ2n) is 13.5. The highest BCUT2D eigenvalue weighted by Gasteiger charge is 2.83. The Balaban J connectivity index is 1.23. The largest absolute Gasteiger partial charge is 0.459 e. The number of carbonyl (C=O) groups is 3. The SMILES string of the molecule is C[C@H]1C(=O)OC(C2O[C@]34C[C@H]5[C@@H](C[C@H]6O[C@H]7CC(=O)[C@@]5(C)[C@@]6(O)C7=O)[C@@H]5C[C@@H](O3)C(C54)[C@@]2(C)O)[C@@H]1C. The van der Waals surface area contributed by atoms with E-state index in [1.54, 1.807) is 13.8 Å². The fourth-order valence-electron chi connectivity index (χ4n) is 10.5. The van der Waals surface area contributed by atoms with Crippen LogP contribution in [0.4, 0.5) is 0 Å². The van der Waals surface area contributed by atoms with Crippen molar-refractivity contribution in [2.24, 2.45) is 46.8 Å². The van der Waals surface area contributed by atoms with Gasteiger partial charge in [0, 0.05) is 30.6 Å². The summed E-state index contributed by atoms with van der Waals surface area (Å²) in [4.78, 5) is 39.2. The van der Waals surface area contributed by atoms with Crippen molar-refractivity contribution in [3.8, 4) is 0 Å². The number of aliphatic hydroxyl groups is 2. The van der Waals surface area contributed by atoms with Gasteiger partial charge in [0.15, 0.2) is 17.2 Å². The van der Waals surface area contributed by atoms with Gasteiger partial charge in [-0.05, 0) is 44.4 Å². The molecule has 8 aliphatic rings. The Morgan fingerprint density at radius 1 is 0.972 bits per heavy atom. The number of fused-ring (bicyclic) bond motifs is 4. The highest BCUT2D eigenvalue weighted by atomic mass is 16.7. The first kappa shape index (κ1) is 22.6. The normalized spacial score (nSPS) is 66.1. The molecule has 2 N–H and O–H groups in total. The predicted octanol–water partition coefficient (Wildman–Crippen LogP) is 0.768. The molecule has 4 saturated carbocycles. The standard InChI is InChI=1S/C27H34O9/c1-9-10(2)23(30)34-20(9)22-25(4,31)19-14-5-12-11-6-17-27(32)21(29)15(33-17)7-16(28)24(27,3)13(11)8-26(35-14,36-22)18(12)19/h9-15,17-20,22,31-32H,5-8H2,1-4H3/t9-,10-,11+,12+,13+,14-,15+,17-,18?,19?,20?,22?,24+,25-,26+,27+/m1/s1. The number of Topliss-reactive ketones (excluding diaryl/α,β-unsaturated/α-hetero) is 2. The van der Waals surface area contributed by atoms with E-state index in [-0.39, 0.29) is 71.5 Å². The summed E-state index contributed by atoms with van der Waals surface area (Å²) in [5, 5.41) is 23.8. The minimum Gasteiger partial charge on any atom is -0.459 e. The zero-order valence-corrected chi connectivity index (χ0v) is 21.0. The van der Waals surface area contributed by atoms with Gasteiger partial charge in [-0.1, -0.05) is 13.8 Å². The summed E-state index contributed by atoms with van der Waals surface area (Å²) in [6.07, 6.45) is -1.50. The van der Waals surface area contributed by atoms with Crippen LogP contribution in [0, 0.1) is 46.8 Å². The lowest BCUT2D eigenvalue weighted by Gasteiger charge is -2.64. The van der Waals surface area contributed by atoms with Gasteiger partial charge in [-0.25, -0.2) is 0 Å². The Kier molecular flexibility index (Phi) is 3.92. The van der Waals surface area contributed by atoms with E-state index < -0.39 is 46.8 Å². The number of carbonyl (C=O) groups excluding carboxylic acids is 3. The maximum Gasteiger partial charge on any atom is 0.309 e. The monoisotopic (exact) mass is 502 g/mol. The van der Waals surface area contributed by atoms with Gasteiger partial charge in [-0.3, -0.25) is 14.4 Å². The van der Waals surface area contributed by atoms with E-state index >= 15 is 0 Å². The van der Waals surface area contributed by atoms with Gasteiger partial charge in [-0.15, -0.1) is 0 Å². The number of hydrogen-bond acceptors (Lipinski definition) is 9. The zero-order chi connectivity index (χ0) is 25.3. The van der Waals surface area contributed by atoms with Crippen LogP contribution >= 0.6 is 0 Å². The molecule has 4 aliphatic carbocycles. The Morgan fingerprint density at radius 3 is 2.42 bits per heavy atom. The van der Waals surface area contributed by atoms with Crippen LogP contribution in [0.2, 0.25) is 0 Å². The van der Waals surface area contributed by atoms with E-state index in [1.807, 2.05) is 13.8 Å². The molecule has 0 spiro atoms. The Labute approximate surface area is 209 Å². The van der Waals surface area contributed by atoms with Crippen molar-refractivity contribution in [2.45, 2.75) is 101 Å². The number of ketones is 2. The summed E-state index contributed by atoms with van der Waals surface area (Å²) in [5.41, 5.74) is -4.37. The van der Waals surface area contributed by atoms with E-state index in [2.05, 4.69) is 0 Å². The highest BCUT2D eigenvalue weighted by molar-refractivity contribution is 6.08. The lowest BCUT2D eigenvalue weighted by molar-refractivity contribution is -0.369. The molecule has 4 saturated heterocycles. The van der Waals surface area contributed by atoms with Crippen molar-refractivity contribution in [1.82, 2.24) is 0 Å². The van der Waals surface area contributed by atoms with Crippen molar-refractivity contribution in [2.75, 3.05) is 0 Å². The maximum atomic E-state index is 13.6. The molecule has 196 valence electrons. The average Bonchev–Trinajstić information content (AvgIpc) is 3.48. The smallest absolute Gasteiger partial charge is 0.309 e. The van der Waals surface area contributed by atoms with Crippen LogP contribution in [-0.4, -0.2) is 75.3 Å². The third kappa shape index (κ3) is 2.10. The number of hydrogen-bond donors (Lipinski definition) is 2. The van der Waals surface area contributed by atoms with E-state index in [0.717, 1.165) is 6.42 Å². The fourth-order valence-corrected chi connectivity index (χ4v) is 10.5. The summed E-state index contributed by atoms with van der Waals surface area (Å²) in [6, 6.07) is 0. The van der Waals surface area contributed by atoms with Crippen LogP contribution in [0.3, 0.4) is 0 Å². The lowest BCUT2D eigenvalue weighted by atomic mass is 9.43. The van der Waals surface area contributed by atoms with Crippen molar-refractivity contribution >= 4 is 17.5 Å². The lowest BCUT2D eigenvalue weighted by Crippen LogP contribution is -2.74. The predicted molar refractivity (Wildman–Crippen MR) is 119 cm³/mol. The van der Waals surface area contributed by atoms with Crippen molar-refractivity contribution < 1.29 is 43.5 Å². The zero-order valence-electron chi connectivity index (χ0n) is 21.0. The van der Waals surface area contributed by atoms with Crippen molar-refractivity contribution in [3.05, 3.63) is 0 Å². The third-order valence-corrected chi connectivity index (χ3v) is 12.4. The Morgan fingerprint density at radius 2 is 1.72 bits per heavy atom. The quantitative estimate of drug-likeness (QED) is 0.500. The molecule has 0 radical (unpaired) electrons. The van der Waals surface area contributed by atoms with Crippen molar-refractivity contribution in [1.29, 1.82) is 0 Å². The molecule has 36 heavy (non-hydrogen) atoms. The summed E-state index contributed by atoms with van der Waals surface area (Å²) in [5.74, 6) is -2.64. The van der Waals surface area contributed by atoms with Crippen LogP contribution in [0.5, 0.6) is 0 Å². The second-order valence-corrected chi connectivity index (χ2v) is 13.5. The van der Waals surface area contributed by atoms with E-state index in [9.17, 15) is 24.6 Å². The summed E-state index contributed by atoms with van der Waals surface area (Å²) < 4.78 is 25.2. The van der Waals surface area contributed by atoms with Gasteiger partial charge in [0.05, 0.1) is 29.1 Å². The highest BCUT2D eigenvalue weighted by Crippen LogP contribution is 2.74. The molecular weight excluding hydrogens is 468 g/mol. The molecule has 8 rings (SSSR count). The van der Waals surface area contributed by atoms with Gasteiger partial charge in [-0.2, -0.15) is 0 Å². The Bertz CT molecular complexity index is 1120. The Hall–Kier alpha value is -1.39. The van der Waals surface area contributed by atoms with Crippen LogP contribution in [0.1, 0.15) is 53.4 Å². The van der Waals surface area contributed by atoms with Crippen LogP contribution in [-0.2, 0) is 33.3 Å². The number of ether oxygens (including phenoxy) is 4. The third-order valence-electron chi connectivity index (χ3n) is 12.4. The van der Waals surface area contributed by atoms with E-state index in [0.29, 0.717) is 12.8 Å². The summed E-state index contributed by atoms with van der Waals surface area (Å²) in [7, 11) is 0. The van der Waals surface area contributed by atoms with Gasteiger partial charge in [0.1, 0.15) is 24.1 Å².